The van der Waals surface area contributed by atoms with Crippen molar-refractivity contribution in [3.63, 3.8) is 0 Å². The molecule has 0 fully saturated rings. The molecule has 1 aromatic rings. The highest BCUT2D eigenvalue weighted by Gasteiger charge is 2.16. The maximum Gasteiger partial charge on any atom is 0.123 e. The monoisotopic (exact) mass is 266 g/mol. The van der Waals surface area contributed by atoms with Gasteiger partial charge in [0.25, 0.3) is 0 Å². The van der Waals surface area contributed by atoms with Gasteiger partial charge < -0.3 is 10.2 Å². The van der Waals surface area contributed by atoms with Crippen molar-refractivity contribution >= 4 is 5.69 Å². The van der Waals surface area contributed by atoms with Crippen LogP contribution in [0.25, 0.3) is 0 Å². The van der Waals surface area contributed by atoms with Crippen molar-refractivity contribution in [2.24, 2.45) is 0 Å². The molecule has 0 heterocycles. The molecule has 0 spiro atoms. The van der Waals surface area contributed by atoms with Gasteiger partial charge in [-0.2, -0.15) is 0 Å². The van der Waals surface area contributed by atoms with Gasteiger partial charge in [-0.1, -0.05) is 13.8 Å². The Morgan fingerprint density at radius 3 is 2.53 bits per heavy atom. The van der Waals surface area contributed by atoms with E-state index in [4.69, 9.17) is 0 Å². The Balaban J connectivity index is 3.03. The first-order chi connectivity index (χ1) is 9.01. The molecule has 1 aromatic carbocycles. The molecule has 19 heavy (non-hydrogen) atoms. The highest BCUT2D eigenvalue weighted by atomic mass is 19.1. The van der Waals surface area contributed by atoms with Crippen LogP contribution in [0.2, 0.25) is 0 Å². The molecule has 3 heteroatoms. The second-order valence-corrected chi connectivity index (χ2v) is 5.25. The summed E-state index contributed by atoms with van der Waals surface area (Å²) in [5, 5.41) is 3.43. The molecule has 0 bridgehead atoms. The fraction of sp³-hybridized carbons (Fsp3) is 0.625. The van der Waals surface area contributed by atoms with Gasteiger partial charge in [0.1, 0.15) is 5.82 Å². The maximum atomic E-state index is 13.5. The highest BCUT2D eigenvalue weighted by Crippen LogP contribution is 2.28. The summed E-state index contributed by atoms with van der Waals surface area (Å²) in [7, 11) is 2.08. The minimum Gasteiger partial charge on any atom is -0.372 e. The van der Waals surface area contributed by atoms with Crippen molar-refractivity contribution in [1.82, 2.24) is 5.32 Å². The molecule has 0 saturated carbocycles. The van der Waals surface area contributed by atoms with Crippen LogP contribution in [0.1, 0.15) is 52.1 Å². The Morgan fingerprint density at radius 2 is 1.95 bits per heavy atom. The van der Waals surface area contributed by atoms with Crippen LogP contribution in [0.3, 0.4) is 0 Å². The van der Waals surface area contributed by atoms with Crippen LogP contribution >= 0.6 is 0 Å². The van der Waals surface area contributed by atoms with Gasteiger partial charge in [-0.25, -0.2) is 4.39 Å². The fourth-order valence-electron chi connectivity index (χ4n) is 2.18. The molecular formula is C16H27FN2. The molecule has 0 aliphatic rings. The number of benzene rings is 1. The van der Waals surface area contributed by atoms with E-state index in [-0.39, 0.29) is 11.9 Å². The molecule has 0 aliphatic carbocycles. The van der Waals surface area contributed by atoms with Gasteiger partial charge >= 0.3 is 0 Å². The van der Waals surface area contributed by atoms with Gasteiger partial charge in [0.2, 0.25) is 0 Å². The summed E-state index contributed by atoms with van der Waals surface area (Å²) < 4.78 is 13.5. The number of nitrogens with one attached hydrogen (secondary N) is 1. The molecule has 2 unspecified atom stereocenters. The second-order valence-electron chi connectivity index (χ2n) is 5.25. The number of hydrogen-bond donors (Lipinski definition) is 1. The van der Waals surface area contributed by atoms with Gasteiger partial charge in [0.15, 0.2) is 0 Å². The van der Waals surface area contributed by atoms with Crippen LogP contribution in [0.15, 0.2) is 18.2 Å². The smallest absolute Gasteiger partial charge is 0.123 e. The molecule has 1 rings (SSSR count). The maximum absolute atomic E-state index is 13.5. The standard InChI is InChI=1S/C16H27FN2/c1-6-10-18-13(4)15-11-14(17)8-9-16(15)19(5)12(3)7-2/h8-9,11-13,18H,6-7,10H2,1-5H3. The van der Waals surface area contributed by atoms with E-state index < -0.39 is 0 Å². The first kappa shape index (κ1) is 16.0. The third-order valence-corrected chi connectivity index (χ3v) is 3.79. The molecule has 1 N–H and O–H groups in total. The van der Waals surface area contributed by atoms with Crippen molar-refractivity contribution in [2.75, 3.05) is 18.5 Å². The van der Waals surface area contributed by atoms with E-state index in [1.165, 1.54) is 0 Å². The van der Waals surface area contributed by atoms with E-state index in [0.29, 0.717) is 6.04 Å². The Bertz CT molecular complexity index is 392. The van der Waals surface area contributed by atoms with Crippen molar-refractivity contribution < 1.29 is 4.39 Å². The Hall–Kier alpha value is -1.09. The molecule has 2 nitrogen and oxygen atoms in total. The van der Waals surface area contributed by atoms with Crippen LogP contribution in [0.5, 0.6) is 0 Å². The number of hydrogen-bond acceptors (Lipinski definition) is 2. The third kappa shape index (κ3) is 4.20. The zero-order valence-electron chi connectivity index (χ0n) is 12.8. The summed E-state index contributed by atoms with van der Waals surface area (Å²) in [6, 6.07) is 5.70. The predicted octanol–water partition coefficient (Wildman–Crippen LogP) is 4.12. The molecule has 0 aromatic heterocycles. The summed E-state index contributed by atoms with van der Waals surface area (Å²) in [6.07, 6.45) is 2.15. The summed E-state index contributed by atoms with van der Waals surface area (Å²) in [6.45, 7) is 9.54. The fourth-order valence-corrected chi connectivity index (χ4v) is 2.18. The largest absolute Gasteiger partial charge is 0.372 e. The minimum atomic E-state index is -0.165. The molecule has 2 atom stereocenters. The first-order valence-electron chi connectivity index (χ1n) is 7.26. The van der Waals surface area contributed by atoms with Crippen molar-refractivity contribution in [2.45, 2.75) is 52.6 Å². The van der Waals surface area contributed by atoms with Crippen LogP contribution in [-0.4, -0.2) is 19.6 Å². The summed E-state index contributed by atoms with van der Waals surface area (Å²) >= 11 is 0. The van der Waals surface area contributed by atoms with E-state index in [1.54, 1.807) is 12.1 Å². The number of anilines is 1. The summed E-state index contributed by atoms with van der Waals surface area (Å²) in [5.41, 5.74) is 2.16. The Kier molecular flexibility index (Phi) is 6.29. The lowest BCUT2D eigenvalue weighted by atomic mass is 10.0. The van der Waals surface area contributed by atoms with E-state index in [0.717, 1.165) is 30.6 Å². The number of nitrogens with zero attached hydrogens (tertiary/aromatic N) is 1. The molecule has 0 saturated heterocycles. The van der Waals surface area contributed by atoms with E-state index in [2.05, 4.69) is 45.0 Å². The predicted molar refractivity (Wildman–Crippen MR) is 81.3 cm³/mol. The number of halogens is 1. The first-order valence-corrected chi connectivity index (χ1v) is 7.26. The molecule has 0 amide bonds. The Morgan fingerprint density at radius 1 is 1.26 bits per heavy atom. The van der Waals surface area contributed by atoms with Gasteiger partial charge in [-0.3, -0.25) is 0 Å². The van der Waals surface area contributed by atoms with E-state index in [9.17, 15) is 4.39 Å². The molecule has 0 aliphatic heterocycles. The van der Waals surface area contributed by atoms with Gasteiger partial charge in [0, 0.05) is 24.8 Å². The lowest BCUT2D eigenvalue weighted by Crippen LogP contribution is -2.30. The topological polar surface area (TPSA) is 15.3 Å². The third-order valence-electron chi connectivity index (χ3n) is 3.79. The van der Waals surface area contributed by atoms with Crippen LogP contribution < -0.4 is 10.2 Å². The average Bonchev–Trinajstić information content (AvgIpc) is 2.42. The average molecular weight is 266 g/mol. The lowest BCUT2D eigenvalue weighted by molar-refractivity contribution is 0.557. The lowest BCUT2D eigenvalue weighted by Gasteiger charge is -2.30. The number of rotatable bonds is 7. The Labute approximate surface area is 117 Å². The molecule has 0 radical (unpaired) electrons. The SMILES string of the molecule is CCCNC(C)c1cc(F)ccc1N(C)C(C)CC. The van der Waals surface area contributed by atoms with Gasteiger partial charge in [-0.05, 0) is 57.0 Å². The molecule has 108 valence electrons. The summed E-state index contributed by atoms with van der Waals surface area (Å²) in [4.78, 5) is 2.24. The van der Waals surface area contributed by atoms with E-state index >= 15 is 0 Å². The molecular weight excluding hydrogens is 239 g/mol. The van der Waals surface area contributed by atoms with Gasteiger partial charge in [0.05, 0.1) is 0 Å². The zero-order valence-corrected chi connectivity index (χ0v) is 12.8. The van der Waals surface area contributed by atoms with E-state index in [1.807, 2.05) is 6.07 Å². The van der Waals surface area contributed by atoms with Crippen LogP contribution in [-0.2, 0) is 0 Å². The highest BCUT2D eigenvalue weighted by molar-refractivity contribution is 5.55. The van der Waals surface area contributed by atoms with Crippen molar-refractivity contribution in [3.05, 3.63) is 29.6 Å². The van der Waals surface area contributed by atoms with Crippen LogP contribution in [0, 0.1) is 5.82 Å². The second kappa shape index (κ2) is 7.49. The van der Waals surface area contributed by atoms with Crippen molar-refractivity contribution in [3.8, 4) is 0 Å². The quantitative estimate of drug-likeness (QED) is 0.798. The van der Waals surface area contributed by atoms with Gasteiger partial charge in [-0.15, -0.1) is 0 Å². The van der Waals surface area contributed by atoms with Crippen molar-refractivity contribution in [1.29, 1.82) is 0 Å². The van der Waals surface area contributed by atoms with Crippen LogP contribution in [0.4, 0.5) is 10.1 Å². The normalized spacial score (nSPS) is 14.2. The zero-order chi connectivity index (χ0) is 14.4. The summed E-state index contributed by atoms with van der Waals surface area (Å²) in [5.74, 6) is -0.165. The minimum absolute atomic E-state index is 0.164.